The molecule has 0 radical (unpaired) electrons. The van der Waals surface area contributed by atoms with Crippen LogP contribution in [0.5, 0.6) is 0 Å². The zero-order valence-electron chi connectivity index (χ0n) is 7.51. The Morgan fingerprint density at radius 3 is 2.67 bits per heavy atom. The van der Waals surface area contributed by atoms with E-state index in [1.54, 1.807) is 0 Å². The van der Waals surface area contributed by atoms with Crippen molar-refractivity contribution in [2.45, 2.75) is 6.43 Å². The lowest BCUT2D eigenvalue weighted by Crippen LogP contribution is -2.16. The van der Waals surface area contributed by atoms with Crippen LogP contribution in [0.1, 0.15) is 22.3 Å². The van der Waals surface area contributed by atoms with Gasteiger partial charge in [-0.1, -0.05) is 0 Å². The van der Waals surface area contributed by atoms with Crippen LogP contribution in [0.25, 0.3) is 0 Å². The summed E-state index contributed by atoms with van der Waals surface area (Å²) in [7, 11) is 1.07. The number of carbonyl (C=O) groups is 1. The molecule has 0 spiro atoms. The highest BCUT2D eigenvalue weighted by atomic mass is 79.9. The third-order valence-electron chi connectivity index (χ3n) is 1.70. The average molecular weight is 282 g/mol. The number of H-pyrrole nitrogens is 1. The Morgan fingerprint density at radius 1 is 1.60 bits per heavy atom. The minimum absolute atomic E-state index is 0.361. The minimum Gasteiger partial charge on any atom is -0.465 e. The summed E-state index contributed by atoms with van der Waals surface area (Å²) in [4.78, 5) is 24.3. The number of esters is 1. The maximum absolute atomic E-state index is 12.6. The van der Waals surface area contributed by atoms with Gasteiger partial charge in [-0.05, 0) is 15.9 Å². The Kier molecular flexibility index (Phi) is 3.57. The lowest BCUT2D eigenvalue weighted by molar-refractivity contribution is 0.0588. The van der Waals surface area contributed by atoms with E-state index in [0.29, 0.717) is 0 Å². The van der Waals surface area contributed by atoms with Gasteiger partial charge in [-0.15, -0.1) is 0 Å². The molecule has 0 amide bonds. The van der Waals surface area contributed by atoms with Crippen LogP contribution in [0.4, 0.5) is 8.78 Å². The standard InChI is InChI=1S/C8H6BrF2NO3/c1-15-8(14)3-2-12-7(13)5(9)4(3)6(10)11/h2,6H,1H3,(H,12,13). The first-order valence-electron chi connectivity index (χ1n) is 3.76. The van der Waals surface area contributed by atoms with E-state index in [1.807, 2.05) is 0 Å². The number of ether oxygens (including phenoxy) is 1. The molecule has 0 aliphatic rings. The van der Waals surface area contributed by atoms with Crippen molar-refractivity contribution in [3.05, 3.63) is 32.2 Å². The molecule has 0 fully saturated rings. The maximum Gasteiger partial charge on any atom is 0.339 e. The van der Waals surface area contributed by atoms with Gasteiger partial charge in [-0.2, -0.15) is 0 Å². The first-order valence-corrected chi connectivity index (χ1v) is 4.56. The van der Waals surface area contributed by atoms with Crippen LogP contribution in [0.3, 0.4) is 0 Å². The van der Waals surface area contributed by atoms with Crippen molar-refractivity contribution >= 4 is 21.9 Å². The van der Waals surface area contributed by atoms with Gasteiger partial charge in [0.1, 0.15) is 0 Å². The molecule has 0 saturated carbocycles. The Hall–Kier alpha value is -1.24. The second-order valence-corrected chi connectivity index (χ2v) is 3.34. The maximum atomic E-state index is 12.6. The molecular weight excluding hydrogens is 276 g/mol. The van der Waals surface area contributed by atoms with E-state index in [-0.39, 0.29) is 10.0 Å². The number of aromatic amines is 1. The summed E-state index contributed by atoms with van der Waals surface area (Å²) >= 11 is 2.70. The van der Waals surface area contributed by atoms with Crippen LogP contribution in [0, 0.1) is 0 Å². The molecule has 1 N–H and O–H groups in total. The van der Waals surface area contributed by atoms with Gasteiger partial charge in [0.15, 0.2) is 0 Å². The van der Waals surface area contributed by atoms with Gasteiger partial charge in [0.25, 0.3) is 12.0 Å². The van der Waals surface area contributed by atoms with Crippen molar-refractivity contribution in [1.29, 1.82) is 0 Å². The number of aromatic nitrogens is 1. The molecule has 1 rings (SSSR count). The van der Waals surface area contributed by atoms with Crippen LogP contribution in [0.15, 0.2) is 15.5 Å². The molecule has 0 unspecified atom stereocenters. The van der Waals surface area contributed by atoms with Gasteiger partial charge in [-0.3, -0.25) is 4.79 Å². The second-order valence-electron chi connectivity index (χ2n) is 2.55. The van der Waals surface area contributed by atoms with Gasteiger partial charge in [0.05, 0.1) is 22.7 Å². The molecule has 15 heavy (non-hydrogen) atoms. The summed E-state index contributed by atoms with van der Waals surface area (Å²) < 4.78 is 29.1. The average Bonchev–Trinajstić information content (AvgIpc) is 2.20. The SMILES string of the molecule is COC(=O)c1c[nH]c(=O)c(Br)c1C(F)F. The van der Waals surface area contributed by atoms with Crippen molar-refractivity contribution in [2.75, 3.05) is 7.11 Å². The van der Waals surface area contributed by atoms with E-state index in [9.17, 15) is 18.4 Å². The molecule has 7 heteroatoms. The fourth-order valence-corrected chi connectivity index (χ4v) is 1.51. The lowest BCUT2D eigenvalue weighted by atomic mass is 10.1. The molecule has 82 valence electrons. The molecule has 1 aromatic heterocycles. The van der Waals surface area contributed by atoms with E-state index in [4.69, 9.17) is 0 Å². The number of halogens is 3. The fraction of sp³-hybridized carbons (Fsp3) is 0.250. The third-order valence-corrected chi connectivity index (χ3v) is 2.48. The number of alkyl halides is 2. The summed E-state index contributed by atoms with van der Waals surface area (Å²) in [5.41, 5.74) is -1.75. The Bertz CT molecular complexity index is 444. The van der Waals surface area contributed by atoms with Gasteiger partial charge in [0, 0.05) is 6.20 Å². The van der Waals surface area contributed by atoms with E-state index in [0.717, 1.165) is 13.3 Å². The van der Waals surface area contributed by atoms with Crippen LogP contribution >= 0.6 is 15.9 Å². The van der Waals surface area contributed by atoms with Crippen LogP contribution in [-0.4, -0.2) is 18.1 Å². The molecule has 0 aliphatic heterocycles. The highest BCUT2D eigenvalue weighted by molar-refractivity contribution is 9.10. The van der Waals surface area contributed by atoms with Gasteiger partial charge < -0.3 is 9.72 Å². The van der Waals surface area contributed by atoms with Crippen LogP contribution in [-0.2, 0) is 4.74 Å². The number of nitrogens with one attached hydrogen (secondary N) is 1. The van der Waals surface area contributed by atoms with Gasteiger partial charge in [0.2, 0.25) is 0 Å². The van der Waals surface area contributed by atoms with E-state index < -0.39 is 23.5 Å². The molecular formula is C8H6BrF2NO3. The largest absolute Gasteiger partial charge is 0.465 e. The minimum atomic E-state index is -2.93. The van der Waals surface area contributed by atoms with Crippen molar-refractivity contribution in [3.63, 3.8) is 0 Å². The van der Waals surface area contributed by atoms with Gasteiger partial charge in [-0.25, -0.2) is 13.6 Å². The Labute approximate surface area is 91.4 Å². The predicted molar refractivity (Wildman–Crippen MR) is 51.1 cm³/mol. The number of methoxy groups -OCH3 is 1. The van der Waals surface area contributed by atoms with E-state index in [1.165, 1.54) is 0 Å². The van der Waals surface area contributed by atoms with Gasteiger partial charge >= 0.3 is 5.97 Å². The monoisotopic (exact) mass is 281 g/mol. The number of rotatable bonds is 2. The molecule has 0 bridgehead atoms. The zero-order chi connectivity index (χ0) is 11.6. The van der Waals surface area contributed by atoms with E-state index >= 15 is 0 Å². The summed E-state index contributed by atoms with van der Waals surface area (Å²) in [6.45, 7) is 0. The quantitative estimate of drug-likeness (QED) is 0.842. The fourth-order valence-electron chi connectivity index (χ4n) is 1.01. The smallest absolute Gasteiger partial charge is 0.339 e. The van der Waals surface area contributed by atoms with Crippen LogP contribution < -0.4 is 5.56 Å². The number of carbonyl (C=O) groups excluding carboxylic acids is 1. The highest BCUT2D eigenvalue weighted by Crippen LogP contribution is 2.27. The molecule has 0 atom stereocenters. The molecule has 1 aromatic rings. The first-order chi connectivity index (χ1) is 6.99. The molecule has 0 aliphatic carbocycles. The van der Waals surface area contributed by atoms with Crippen molar-refractivity contribution in [2.24, 2.45) is 0 Å². The Balaban J connectivity index is 3.47. The topological polar surface area (TPSA) is 59.2 Å². The van der Waals surface area contributed by atoms with Crippen molar-refractivity contribution < 1.29 is 18.3 Å². The number of pyridine rings is 1. The predicted octanol–water partition coefficient (Wildman–Crippen LogP) is 1.86. The molecule has 4 nitrogen and oxygen atoms in total. The number of hydrogen-bond donors (Lipinski definition) is 1. The van der Waals surface area contributed by atoms with E-state index in [2.05, 4.69) is 25.7 Å². The molecule has 0 aromatic carbocycles. The molecule has 0 saturated heterocycles. The highest BCUT2D eigenvalue weighted by Gasteiger charge is 2.23. The summed E-state index contributed by atoms with van der Waals surface area (Å²) in [5.74, 6) is -0.928. The summed E-state index contributed by atoms with van der Waals surface area (Å²) in [5, 5.41) is 0. The Morgan fingerprint density at radius 2 is 2.20 bits per heavy atom. The van der Waals surface area contributed by atoms with Crippen LogP contribution in [0.2, 0.25) is 0 Å². The first kappa shape index (κ1) is 11.8. The van der Waals surface area contributed by atoms with Crippen molar-refractivity contribution in [3.8, 4) is 0 Å². The number of hydrogen-bond acceptors (Lipinski definition) is 3. The third kappa shape index (κ3) is 2.23. The summed E-state index contributed by atoms with van der Waals surface area (Å²) in [6, 6.07) is 0. The second kappa shape index (κ2) is 4.52. The normalized spacial score (nSPS) is 10.5. The lowest BCUT2D eigenvalue weighted by Gasteiger charge is -2.07. The van der Waals surface area contributed by atoms with Crippen molar-refractivity contribution in [1.82, 2.24) is 4.98 Å². The molecule has 1 heterocycles. The zero-order valence-corrected chi connectivity index (χ0v) is 9.10. The summed E-state index contributed by atoms with van der Waals surface area (Å²) in [6.07, 6.45) is -2.03.